The molecule has 124 valence electrons. The van der Waals surface area contributed by atoms with E-state index in [4.69, 9.17) is 0 Å². The average molecular weight is 338 g/mol. The summed E-state index contributed by atoms with van der Waals surface area (Å²) in [7, 11) is -3.84. The molecule has 6 nitrogen and oxygen atoms in total. The Hall–Kier alpha value is -1.13. The summed E-state index contributed by atoms with van der Waals surface area (Å²) in [6.07, 6.45) is 0.891. The topological polar surface area (TPSA) is 76.0 Å². The lowest BCUT2D eigenvalue weighted by Crippen LogP contribution is -2.47. The van der Waals surface area contributed by atoms with Gasteiger partial charge >= 0.3 is 6.18 Å². The van der Waals surface area contributed by atoms with Gasteiger partial charge < -0.3 is 5.32 Å². The fraction of sp³-hybridized carbons (Fsp3) is 0.750. The van der Waals surface area contributed by atoms with E-state index in [0.29, 0.717) is 29.6 Å². The van der Waals surface area contributed by atoms with E-state index in [-0.39, 0.29) is 10.9 Å². The van der Waals surface area contributed by atoms with E-state index in [1.165, 1.54) is 0 Å². The van der Waals surface area contributed by atoms with Crippen LogP contribution in [-0.2, 0) is 16.6 Å². The van der Waals surface area contributed by atoms with Crippen LogP contribution in [0.5, 0.6) is 0 Å². The van der Waals surface area contributed by atoms with E-state index in [2.05, 4.69) is 15.1 Å². The van der Waals surface area contributed by atoms with Gasteiger partial charge in [0.2, 0.25) is 10.0 Å². The summed E-state index contributed by atoms with van der Waals surface area (Å²) < 4.78 is 64.5. The van der Waals surface area contributed by atoms with Gasteiger partial charge in [-0.05, 0) is 25.7 Å². The molecule has 2 fully saturated rings. The Bertz CT molecular complexity index is 631. The van der Waals surface area contributed by atoms with Crippen LogP contribution in [0.15, 0.2) is 17.3 Å². The molecule has 3 rings (SSSR count). The van der Waals surface area contributed by atoms with Crippen LogP contribution < -0.4 is 10.0 Å². The zero-order valence-corrected chi connectivity index (χ0v) is 12.5. The molecule has 0 aromatic carbocycles. The van der Waals surface area contributed by atoms with Crippen molar-refractivity contribution < 1.29 is 21.6 Å². The van der Waals surface area contributed by atoms with Gasteiger partial charge in [0.05, 0.1) is 6.20 Å². The molecule has 2 unspecified atom stereocenters. The lowest BCUT2D eigenvalue weighted by atomic mass is 10.0. The summed E-state index contributed by atoms with van der Waals surface area (Å²) in [5, 5.41) is 6.87. The predicted molar refractivity (Wildman–Crippen MR) is 71.6 cm³/mol. The van der Waals surface area contributed by atoms with E-state index in [1.807, 2.05) is 0 Å². The van der Waals surface area contributed by atoms with Crippen LogP contribution in [0, 0.1) is 0 Å². The number of hydrogen-bond acceptors (Lipinski definition) is 4. The second-order valence-electron chi connectivity index (χ2n) is 5.92. The number of halogens is 3. The van der Waals surface area contributed by atoms with Gasteiger partial charge in [-0.3, -0.25) is 4.68 Å². The second kappa shape index (κ2) is 5.50. The van der Waals surface area contributed by atoms with E-state index >= 15 is 0 Å². The lowest BCUT2D eigenvalue weighted by molar-refractivity contribution is -0.142. The zero-order chi connectivity index (χ0) is 16.0. The SMILES string of the molecule is O=S(=O)(NC1CC2CCC(C1)N2)c1cnn(CC(F)(F)F)c1. The monoisotopic (exact) mass is 338 g/mol. The number of aromatic nitrogens is 2. The highest BCUT2D eigenvalue weighted by Gasteiger charge is 2.36. The first-order valence-electron chi connectivity index (χ1n) is 7.09. The minimum absolute atomic E-state index is 0.185. The molecule has 2 aliphatic heterocycles. The highest BCUT2D eigenvalue weighted by Crippen LogP contribution is 2.27. The van der Waals surface area contributed by atoms with Gasteiger partial charge in [0.25, 0.3) is 0 Å². The largest absolute Gasteiger partial charge is 0.408 e. The van der Waals surface area contributed by atoms with Crippen molar-refractivity contribution in [2.24, 2.45) is 0 Å². The maximum Gasteiger partial charge on any atom is 0.408 e. The van der Waals surface area contributed by atoms with Gasteiger partial charge in [-0.25, -0.2) is 13.1 Å². The normalized spacial score (nSPS) is 29.0. The molecule has 0 saturated carbocycles. The summed E-state index contributed by atoms with van der Waals surface area (Å²) >= 11 is 0. The van der Waals surface area contributed by atoms with E-state index in [0.717, 1.165) is 25.2 Å². The quantitative estimate of drug-likeness (QED) is 0.859. The van der Waals surface area contributed by atoms with Crippen LogP contribution in [0.4, 0.5) is 13.2 Å². The molecule has 1 aromatic heterocycles. The van der Waals surface area contributed by atoms with Crippen LogP contribution in [-0.4, -0.2) is 42.5 Å². The molecular weight excluding hydrogens is 321 g/mol. The molecule has 2 aliphatic rings. The number of sulfonamides is 1. The first-order chi connectivity index (χ1) is 10.2. The Balaban J connectivity index is 1.68. The maximum absolute atomic E-state index is 12.3. The molecule has 10 heteroatoms. The van der Waals surface area contributed by atoms with Crippen LogP contribution in [0.3, 0.4) is 0 Å². The van der Waals surface area contributed by atoms with E-state index in [1.54, 1.807) is 0 Å². The van der Waals surface area contributed by atoms with Crippen molar-refractivity contribution in [3.8, 4) is 0 Å². The van der Waals surface area contributed by atoms with Crippen LogP contribution >= 0.6 is 0 Å². The average Bonchev–Trinajstić information content (AvgIpc) is 2.94. The van der Waals surface area contributed by atoms with E-state index < -0.39 is 22.7 Å². The molecule has 2 bridgehead atoms. The number of fused-ring (bicyclic) bond motifs is 2. The molecule has 0 aliphatic carbocycles. The Labute approximate surface area is 126 Å². The number of nitrogens with zero attached hydrogens (tertiary/aromatic N) is 2. The van der Waals surface area contributed by atoms with Crippen molar-refractivity contribution in [3.05, 3.63) is 12.4 Å². The van der Waals surface area contributed by atoms with Crippen LogP contribution in [0.25, 0.3) is 0 Å². The summed E-state index contributed by atoms with van der Waals surface area (Å²) in [5.74, 6) is 0. The molecule has 0 radical (unpaired) electrons. The standard InChI is InChI=1S/C12H17F3N4O2S/c13-12(14,15)7-19-6-11(5-16-19)22(20,21)18-10-3-8-1-2-9(4-10)17-8/h5-6,8-10,17-18H,1-4,7H2. The first-order valence-corrected chi connectivity index (χ1v) is 8.57. The fourth-order valence-corrected chi connectivity index (χ4v) is 4.41. The molecule has 22 heavy (non-hydrogen) atoms. The van der Waals surface area contributed by atoms with Crippen molar-refractivity contribution in [2.75, 3.05) is 0 Å². The molecule has 0 spiro atoms. The summed E-state index contributed by atoms with van der Waals surface area (Å²) in [4.78, 5) is -0.234. The van der Waals surface area contributed by atoms with Crippen molar-refractivity contribution in [2.45, 2.75) is 61.4 Å². The van der Waals surface area contributed by atoms with Crippen molar-refractivity contribution in [1.29, 1.82) is 0 Å². The van der Waals surface area contributed by atoms with Gasteiger partial charge in [0.1, 0.15) is 11.4 Å². The molecular formula is C12H17F3N4O2S. The molecule has 1 aromatic rings. The van der Waals surface area contributed by atoms with Gasteiger partial charge in [0.15, 0.2) is 0 Å². The molecule has 3 heterocycles. The van der Waals surface area contributed by atoms with Crippen molar-refractivity contribution >= 4 is 10.0 Å². The van der Waals surface area contributed by atoms with E-state index in [9.17, 15) is 21.6 Å². The fourth-order valence-electron chi connectivity index (χ4n) is 3.19. The minimum Gasteiger partial charge on any atom is -0.311 e. The summed E-state index contributed by atoms with van der Waals surface area (Å²) in [5.41, 5.74) is 0. The lowest BCUT2D eigenvalue weighted by Gasteiger charge is -2.29. The molecule has 2 N–H and O–H groups in total. The molecule has 2 atom stereocenters. The number of alkyl halides is 3. The third-order valence-corrected chi connectivity index (χ3v) is 5.53. The van der Waals surface area contributed by atoms with Gasteiger partial charge in [-0.2, -0.15) is 18.3 Å². The molecule has 0 amide bonds. The van der Waals surface area contributed by atoms with Crippen LogP contribution in [0.2, 0.25) is 0 Å². The Morgan fingerprint density at radius 1 is 1.32 bits per heavy atom. The number of rotatable bonds is 4. The Morgan fingerprint density at radius 2 is 1.95 bits per heavy atom. The summed E-state index contributed by atoms with van der Waals surface area (Å²) in [6, 6.07) is 0.452. The number of piperidine rings is 1. The number of hydrogen-bond donors (Lipinski definition) is 2. The highest BCUT2D eigenvalue weighted by atomic mass is 32.2. The zero-order valence-electron chi connectivity index (χ0n) is 11.7. The predicted octanol–water partition coefficient (Wildman–Crippen LogP) is 1.01. The third kappa shape index (κ3) is 3.61. The van der Waals surface area contributed by atoms with Gasteiger partial charge in [0, 0.05) is 24.3 Å². The first kappa shape index (κ1) is 15.8. The minimum atomic E-state index is -4.44. The van der Waals surface area contributed by atoms with Crippen molar-refractivity contribution in [3.63, 3.8) is 0 Å². The maximum atomic E-state index is 12.3. The van der Waals surface area contributed by atoms with Gasteiger partial charge in [-0.1, -0.05) is 0 Å². The Morgan fingerprint density at radius 3 is 2.55 bits per heavy atom. The third-order valence-electron chi connectivity index (χ3n) is 4.06. The summed E-state index contributed by atoms with van der Waals surface area (Å²) in [6.45, 7) is -1.31. The number of nitrogens with one attached hydrogen (secondary N) is 2. The highest BCUT2D eigenvalue weighted by molar-refractivity contribution is 7.89. The molecule has 2 saturated heterocycles. The second-order valence-corrected chi connectivity index (χ2v) is 7.63. The van der Waals surface area contributed by atoms with Gasteiger partial charge in [-0.15, -0.1) is 0 Å². The Kier molecular flexibility index (Phi) is 3.94. The smallest absolute Gasteiger partial charge is 0.311 e. The van der Waals surface area contributed by atoms with Crippen molar-refractivity contribution in [1.82, 2.24) is 19.8 Å². The van der Waals surface area contributed by atoms with Crippen LogP contribution in [0.1, 0.15) is 25.7 Å².